The van der Waals surface area contributed by atoms with E-state index in [1.165, 1.54) is 24.7 Å². The summed E-state index contributed by atoms with van der Waals surface area (Å²) in [5.41, 5.74) is 6.10. The summed E-state index contributed by atoms with van der Waals surface area (Å²) < 4.78 is 0. The Hall–Kier alpha value is -1.47. The van der Waals surface area contributed by atoms with Crippen molar-refractivity contribution in [3.05, 3.63) is 11.1 Å². The van der Waals surface area contributed by atoms with Crippen molar-refractivity contribution in [2.24, 2.45) is 11.7 Å². The van der Waals surface area contributed by atoms with E-state index in [9.17, 15) is 9.59 Å². The molecule has 1 fully saturated rings. The highest BCUT2D eigenvalue weighted by Crippen LogP contribution is 2.24. The predicted octanol–water partition coefficient (Wildman–Crippen LogP) is 1.35. The van der Waals surface area contributed by atoms with Crippen LogP contribution >= 0.6 is 11.3 Å². The number of nitrogens with two attached hydrogens (primary N) is 1. The van der Waals surface area contributed by atoms with Crippen molar-refractivity contribution in [1.82, 2.24) is 10.3 Å². The number of hydrogen-bond donors (Lipinski definition) is 3. The van der Waals surface area contributed by atoms with Crippen molar-refractivity contribution in [3.8, 4) is 0 Å². The summed E-state index contributed by atoms with van der Waals surface area (Å²) in [7, 11) is 0. The predicted molar refractivity (Wildman–Crippen MR) is 78.7 cm³/mol. The number of nitrogens with one attached hydrogen (secondary N) is 2. The van der Waals surface area contributed by atoms with Crippen LogP contribution in [0.4, 0.5) is 5.13 Å². The Morgan fingerprint density at radius 2 is 2.20 bits per heavy atom. The van der Waals surface area contributed by atoms with E-state index in [2.05, 4.69) is 15.6 Å². The third-order valence-electron chi connectivity index (χ3n) is 3.55. The first-order valence-electron chi connectivity index (χ1n) is 6.84. The summed E-state index contributed by atoms with van der Waals surface area (Å²) in [6.45, 7) is 2.01. The summed E-state index contributed by atoms with van der Waals surface area (Å²) in [6.07, 6.45) is 4.33. The second-order valence-corrected chi connectivity index (χ2v) is 5.94. The third kappa shape index (κ3) is 3.77. The molecule has 7 heteroatoms. The minimum atomic E-state index is -0.193. The van der Waals surface area contributed by atoms with Crippen molar-refractivity contribution < 1.29 is 9.59 Å². The van der Waals surface area contributed by atoms with Gasteiger partial charge >= 0.3 is 0 Å². The Morgan fingerprint density at radius 1 is 1.45 bits per heavy atom. The minimum Gasteiger partial charge on any atom is -0.348 e. The van der Waals surface area contributed by atoms with Crippen molar-refractivity contribution in [1.29, 1.82) is 0 Å². The lowest BCUT2D eigenvalue weighted by Crippen LogP contribution is -2.44. The SMILES string of the molecule is CC(=O)Nc1nc(C(=O)NC2CCCCC2CN)cs1. The van der Waals surface area contributed by atoms with Gasteiger partial charge in [-0.2, -0.15) is 0 Å². The van der Waals surface area contributed by atoms with E-state index in [0.29, 0.717) is 23.3 Å². The zero-order valence-electron chi connectivity index (χ0n) is 11.5. The largest absolute Gasteiger partial charge is 0.348 e. The van der Waals surface area contributed by atoms with E-state index in [4.69, 9.17) is 5.73 Å². The van der Waals surface area contributed by atoms with Crippen LogP contribution in [0.15, 0.2) is 5.38 Å². The molecule has 1 aromatic heterocycles. The highest BCUT2D eigenvalue weighted by molar-refractivity contribution is 7.14. The molecule has 0 spiro atoms. The molecule has 20 heavy (non-hydrogen) atoms. The second kappa shape index (κ2) is 6.81. The molecule has 4 N–H and O–H groups in total. The number of aromatic nitrogens is 1. The molecule has 110 valence electrons. The van der Waals surface area contributed by atoms with Gasteiger partial charge in [-0.25, -0.2) is 4.98 Å². The molecular formula is C13H20N4O2S. The summed E-state index contributed by atoms with van der Waals surface area (Å²) in [6, 6.07) is 0.132. The van der Waals surface area contributed by atoms with E-state index < -0.39 is 0 Å². The van der Waals surface area contributed by atoms with Crippen LogP contribution in [-0.4, -0.2) is 29.4 Å². The molecule has 0 bridgehead atoms. The Kier molecular flexibility index (Phi) is 5.08. The van der Waals surface area contributed by atoms with E-state index in [-0.39, 0.29) is 17.9 Å². The highest BCUT2D eigenvalue weighted by atomic mass is 32.1. The van der Waals surface area contributed by atoms with Crippen LogP contribution in [0.5, 0.6) is 0 Å². The van der Waals surface area contributed by atoms with Gasteiger partial charge in [0.05, 0.1) is 0 Å². The van der Waals surface area contributed by atoms with Crippen molar-refractivity contribution >= 4 is 28.3 Å². The van der Waals surface area contributed by atoms with Gasteiger partial charge in [-0.15, -0.1) is 11.3 Å². The van der Waals surface area contributed by atoms with Gasteiger partial charge in [0.2, 0.25) is 5.91 Å². The second-order valence-electron chi connectivity index (χ2n) is 5.08. The van der Waals surface area contributed by atoms with Crippen LogP contribution in [0.1, 0.15) is 43.1 Å². The molecule has 2 rings (SSSR count). The number of carbonyl (C=O) groups excluding carboxylic acids is 2. The van der Waals surface area contributed by atoms with Crippen LogP contribution in [0.3, 0.4) is 0 Å². The number of carbonyl (C=O) groups is 2. The van der Waals surface area contributed by atoms with Gasteiger partial charge in [0.1, 0.15) is 5.69 Å². The van der Waals surface area contributed by atoms with Gasteiger partial charge < -0.3 is 16.4 Å². The van der Waals surface area contributed by atoms with Crippen LogP contribution in [-0.2, 0) is 4.79 Å². The van der Waals surface area contributed by atoms with Gasteiger partial charge in [0.15, 0.2) is 5.13 Å². The van der Waals surface area contributed by atoms with E-state index in [1.54, 1.807) is 5.38 Å². The van der Waals surface area contributed by atoms with Crippen LogP contribution in [0, 0.1) is 5.92 Å². The summed E-state index contributed by atoms with van der Waals surface area (Å²) in [5.74, 6) is -0.0360. The quantitative estimate of drug-likeness (QED) is 0.781. The zero-order chi connectivity index (χ0) is 14.5. The first kappa shape index (κ1) is 14.9. The lowest BCUT2D eigenvalue weighted by molar-refractivity contribution is -0.114. The average Bonchev–Trinajstić information content (AvgIpc) is 2.87. The normalized spacial score (nSPS) is 22.3. The lowest BCUT2D eigenvalue weighted by atomic mass is 9.84. The van der Waals surface area contributed by atoms with Crippen LogP contribution in [0.25, 0.3) is 0 Å². The number of hydrogen-bond acceptors (Lipinski definition) is 5. The molecule has 2 amide bonds. The fourth-order valence-corrected chi connectivity index (χ4v) is 3.24. The number of amides is 2. The standard InChI is InChI=1S/C13H20N4O2S/c1-8(18)15-13-17-11(7-20-13)12(19)16-10-5-3-2-4-9(10)6-14/h7,9-10H,2-6,14H2,1H3,(H,16,19)(H,15,17,18). The molecule has 1 saturated carbocycles. The smallest absolute Gasteiger partial charge is 0.271 e. The summed E-state index contributed by atoms with van der Waals surface area (Å²) in [4.78, 5) is 27.2. The number of nitrogens with zero attached hydrogens (tertiary/aromatic N) is 1. The number of rotatable bonds is 4. The maximum absolute atomic E-state index is 12.2. The van der Waals surface area contributed by atoms with Crippen molar-refractivity contribution in [2.75, 3.05) is 11.9 Å². The Bertz CT molecular complexity index is 488. The average molecular weight is 296 g/mol. The molecule has 1 aromatic rings. The minimum absolute atomic E-state index is 0.132. The molecular weight excluding hydrogens is 276 g/mol. The molecule has 1 heterocycles. The lowest BCUT2D eigenvalue weighted by Gasteiger charge is -2.31. The van der Waals surface area contributed by atoms with Gasteiger partial charge in [0.25, 0.3) is 5.91 Å². The molecule has 6 nitrogen and oxygen atoms in total. The zero-order valence-corrected chi connectivity index (χ0v) is 12.3. The summed E-state index contributed by atoms with van der Waals surface area (Å²) >= 11 is 1.25. The fourth-order valence-electron chi connectivity index (χ4n) is 2.51. The van der Waals surface area contributed by atoms with Gasteiger partial charge in [-0.3, -0.25) is 9.59 Å². The number of thiazole rings is 1. The molecule has 0 aromatic carbocycles. The Morgan fingerprint density at radius 3 is 2.90 bits per heavy atom. The van der Waals surface area contributed by atoms with E-state index in [1.807, 2.05) is 0 Å². The van der Waals surface area contributed by atoms with Crippen LogP contribution in [0.2, 0.25) is 0 Å². The molecule has 0 saturated heterocycles. The van der Waals surface area contributed by atoms with Crippen molar-refractivity contribution in [2.45, 2.75) is 38.6 Å². The Balaban J connectivity index is 1.96. The first-order valence-corrected chi connectivity index (χ1v) is 7.72. The molecule has 2 atom stereocenters. The van der Waals surface area contributed by atoms with E-state index >= 15 is 0 Å². The monoisotopic (exact) mass is 296 g/mol. The molecule has 1 aliphatic carbocycles. The highest BCUT2D eigenvalue weighted by Gasteiger charge is 2.26. The Labute approximate surface area is 122 Å². The molecule has 0 aliphatic heterocycles. The molecule has 1 aliphatic rings. The number of anilines is 1. The maximum Gasteiger partial charge on any atom is 0.271 e. The fraction of sp³-hybridized carbons (Fsp3) is 0.615. The molecule has 2 unspecified atom stereocenters. The summed E-state index contributed by atoms with van der Waals surface area (Å²) in [5, 5.41) is 7.69. The van der Waals surface area contributed by atoms with Gasteiger partial charge in [-0.1, -0.05) is 12.8 Å². The van der Waals surface area contributed by atoms with E-state index in [0.717, 1.165) is 19.3 Å². The van der Waals surface area contributed by atoms with Crippen LogP contribution < -0.4 is 16.4 Å². The third-order valence-corrected chi connectivity index (χ3v) is 4.31. The topological polar surface area (TPSA) is 97.1 Å². The van der Waals surface area contributed by atoms with Gasteiger partial charge in [-0.05, 0) is 25.3 Å². The van der Waals surface area contributed by atoms with Crippen molar-refractivity contribution in [3.63, 3.8) is 0 Å². The first-order chi connectivity index (χ1) is 9.60. The van der Waals surface area contributed by atoms with Gasteiger partial charge in [0, 0.05) is 18.3 Å². The maximum atomic E-state index is 12.2. The molecule has 0 radical (unpaired) electrons.